The minimum absolute atomic E-state index is 0.0230. The van der Waals surface area contributed by atoms with Crippen LogP contribution in [-0.4, -0.2) is 26.6 Å². The predicted molar refractivity (Wildman–Crippen MR) is 177 cm³/mol. The fraction of sp³-hybridized carbons (Fsp3) is 0.243. The van der Waals surface area contributed by atoms with Gasteiger partial charge in [-0.25, -0.2) is 4.79 Å². The molecule has 1 atom stereocenters. The van der Waals surface area contributed by atoms with E-state index in [0.29, 0.717) is 17.5 Å². The average molecular weight is 622 g/mol. The molecule has 3 N–H and O–H groups in total. The molecule has 0 saturated carbocycles. The standard InChI is InChI=1S/C37H37ClN4O3/c1-37(2,3)32-21-20-31(33(38)23-32)24-45-34-7-5-4-6-28(34)15-12-26(22-27-13-18-30(19-14-27)36(43)44)9-8-25-10-16-29(17-11-25)35-39-41-42-40-35/h4-7,10-21,23,26H,8-9,22,24H2,1-3H3,(H,43,44)(H,39,40,41,42)/p+1/b15-12+. The molecule has 0 fully saturated rings. The molecule has 0 aliphatic rings. The van der Waals surface area contributed by atoms with Crippen molar-refractivity contribution < 1.29 is 19.7 Å². The smallest absolute Gasteiger partial charge is 0.335 e. The van der Waals surface area contributed by atoms with Crippen molar-refractivity contribution in [1.29, 1.82) is 0 Å². The SMILES string of the molecule is CC(C)(C)c1ccc(COc2ccccc2/C=C/C(CCc2ccc(-c3nn[nH][nH+]3)cc2)Cc2ccc(C(=O)O)cc2)c(Cl)c1. The number of nitrogens with one attached hydrogen (secondary N) is 2. The number of benzene rings is 4. The van der Waals surface area contributed by atoms with Gasteiger partial charge in [-0.2, -0.15) is 5.10 Å². The van der Waals surface area contributed by atoms with Gasteiger partial charge in [-0.15, -0.1) is 0 Å². The number of carbonyl (C=O) groups is 1. The highest BCUT2D eigenvalue weighted by Gasteiger charge is 2.16. The minimum Gasteiger partial charge on any atom is -0.488 e. The average Bonchev–Trinajstić information content (AvgIpc) is 3.57. The molecule has 230 valence electrons. The fourth-order valence-corrected chi connectivity index (χ4v) is 5.35. The molecule has 1 unspecified atom stereocenters. The molecular formula is C37H38ClN4O3+. The molecule has 0 radical (unpaired) electrons. The first-order valence-electron chi connectivity index (χ1n) is 15.0. The van der Waals surface area contributed by atoms with Gasteiger partial charge in [0.15, 0.2) is 5.21 Å². The number of aromatic carboxylic acids is 1. The molecule has 7 nitrogen and oxygen atoms in total. The van der Waals surface area contributed by atoms with Crippen molar-refractivity contribution >= 4 is 23.6 Å². The van der Waals surface area contributed by atoms with Crippen LogP contribution >= 0.6 is 11.6 Å². The van der Waals surface area contributed by atoms with Crippen LogP contribution in [0.5, 0.6) is 5.75 Å². The zero-order valence-electron chi connectivity index (χ0n) is 25.8. The van der Waals surface area contributed by atoms with Gasteiger partial charge in [0.1, 0.15) is 17.5 Å². The second-order valence-corrected chi connectivity index (χ2v) is 12.6. The second kappa shape index (κ2) is 14.4. The summed E-state index contributed by atoms with van der Waals surface area (Å²) < 4.78 is 6.28. The molecule has 0 aliphatic heterocycles. The Balaban J connectivity index is 1.31. The largest absolute Gasteiger partial charge is 0.488 e. The number of hydrogen-bond donors (Lipinski definition) is 2. The highest BCUT2D eigenvalue weighted by molar-refractivity contribution is 6.31. The Morgan fingerprint density at radius 1 is 1.00 bits per heavy atom. The van der Waals surface area contributed by atoms with Crippen molar-refractivity contribution in [2.75, 3.05) is 0 Å². The number of aryl methyl sites for hydroxylation is 1. The van der Waals surface area contributed by atoms with E-state index in [9.17, 15) is 9.90 Å². The van der Waals surface area contributed by atoms with Crippen LogP contribution < -0.4 is 9.84 Å². The first-order chi connectivity index (χ1) is 21.7. The Hall–Kier alpha value is -4.75. The Morgan fingerprint density at radius 2 is 1.73 bits per heavy atom. The number of aromatic amines is 2. The second-order valence-electron chi connectivity index (χ2n) is 12.2. The molecular weight excluding hydrogens is 584 g/mol. The fourth-order valence-electron chi connectivity index (χ4n) is 5.12. The number of para-hydroxylation sites is 1. The van der Waals surface area contributed by atoms with Gasteiger partial charge in [-0.05, 0) is 83.7 Å². The molecule has 8 heteroatoms. The third-order valence-corrected chi connectivity index (χ3v) is 8.23. The number of halogens is 1. The minimum atomic E-state index is -0.923. The van der Waals surface area contributed by atoms with E-state index >= 15 is 0 Å². The summed E-state index contributed by atoms with van der Waals surface area (Å²) in [5, 5.41) is 23.4. The van der Waals surface area contributed by atoms with Crippen molar-refractivity contribution in [3.63, 3.8) is 0 Å². The Labute approximate surface area is 268 Å². The lowest BCUT2D eigenvalue weighted by molar-refractivity contribution is -0.444. The number of H-pyrrole nitrogens is 2. The Bertz CT molecular complexity index is 1740. The van der Waals surface area contributed by atoms with E-state index in [1.807, 2.05) is 54.6 Å². The van der Waals surface area contributed by atoms with E-state index in [1.165, 1.54) is 11.1 Å². The van der Waals surface area contributed by atoms with Gasteiger partial charge >= 0.3 is 11.8 Å². The number of carboxylic acids is 1. The molecule has 1 heterocycles. The van der Waals surface area contributed by atoms with E-state index in [2.05, 4.69) is 77.8 Å². The maximum Gasteiger partial charge on any atom is 0.335 e. The zero-order chi connectivity index (χ0) is 31.8. The number of aromatic nitrogens is 4. The summed E-state index contributed by atoms with van der Waals surface area (Å²) in [6, 6.07) is 29.6. The number of allylic oxidation sites excluding steroid dienone is 1. The monoisotopic (exact) mass is 621 g/mol. The van der Waals surface area contributed by atoms with Crippen LogP contribution in [0, 0.1) is 5.92 Å². The number of ether oxygens (including phenoxy) is 1. The molecule has 5 rings (SSSR count). The van der Waals surface area contributed by atoms with Crippen LogP contribution in [-0.2, 0) is 24.9 Å². The molecule has 0 bridgehead atoms. The van der Waals surface area contributed by atoms with Crippen LogP contribution in [0.25, 0.3) is 17.5 Å². The van der Waals surface area contributed by atoms with Crippen LogP contribution in [0.15, 0.2) is 97.1 Å². The summed E-state index contributed by atoms with van der Waals surface area (Å²) in [6.07, 6.45) is 6.93. The zero-order valence-corrected chi connectivity index (χ0v) is 26.5. The molecule has 45 heavy (non-hydrogen) atoms. The predicted octanol–water partition coefficient (Wildman–Crippen LogP) is 8.02. The van der Waals surface area contributed by atoms with Gasteiger partial charge in [0.05, 0.1) is 11.1 Å². The molecule has 0 saturated heterocycles. The van der Waals surface area contributed by atoms with Crippen molar-refractivity contribution in [2.45, 2.75) is 52.1 Å². The lowest BCUT2D eigenvalue weighted by Crippen LogP contribution is -2.11. The lowest BCUT2D eigenvalue weighted by Gasteiger charge is -2.20. The van der Waals surface area contributed by atoms with E-state index in [-0.39, 0.29) is 16.9 Å². The number of nitrogens with zero attached hydrogens (tertiary/aromatic N) is 2. The summed E-state index contributed by atoms with van der Waals surface area (Å²) in [5.74, 6) is 0.760. The molecule has 0 spiro atoms. The normalized spacial score (nSPS) is 12.4. The van der Waals surface area contributed by atoms with E-state index in [4.69, 9.17) is 16.3 Å². The summed E-state index contributed by atoms with van der Waals surface area (Å²) >= 11 is 6.63. The topological polar surface area (TPSA) is 102 Å². The highest BCUT2D eigenvalue weighted by Crippen LogP contribution is 2.29. The van der Waals surface area contributed by atoms with Gasteiger partial charge in [-0.3, -0.25) is 0 Å². The third-order valence-electron chi connectivity index (χ3n) is 7.87. The van der Waals surface area contributed by atoms with Gasteiger partial charge in [0.2, 0.25) is 0 Å². The van der Waals surface area contributed by atoms with E-state index in [1.54, 1.807) is 12.1 Å². The molecule has 0 amide bonds. The quantitative estimate of drug-likeness (QED) is 0.147. The number of rotatable bonds is 12. The summed E-state index contributed by atoms with van der Waals surface area (Å²) in [4.78, 5) is 11.4. The first-order valence-corrected chi connectivity index (χ1v) is 15.4. The van der Waals surface area contributed by atoms with Crippen LogP contribution in [0.3, 0.4) is 0 Å². The van der Waals surface area contributed by atoms with Crippen LogP contribution in [0.1, 0.15) is 65.4 Å². The van der Waals surface area contributed by atoms with Gasteiger partial charge in [-0.1, -0.05) is 104 Å². The van der Waals surface area contributed by atoms with Gasteiger partial charge in [0.25, 0.3) is 0 Å². The van der Waals surface area contributed by atoms with E-state index < -0.39 is 5.97 Å². The van der Waals surface area contributed by atoms with E-state index in [0.717, 1.165) is 47.3 Å². The summed E-state index contributed by atoms with van der Waals surface area (Å²) in [7, 11) is 0. The Morgan fingerprint density at radius 3 is 2.40 bits per heavy atom. The van der Waals surface area contributed by atoms with Crippen molar-refractivity contribution in [1.82, 2.24) is 15.5 Å². The first kappa shape index (κ1) is 31.7. The molecule has 4 aromatic carbocycles. The van der Waals surface area contributed by atoms with Crippen LogP contribution in [0.2, 0.25) is 5.02 Å². The van der Waals surface area contributed by atoms with Gasteiger partial charge < -0.3 is 9.84 Å². The molecule has 0 aliphatic carbocycles. The maximum atomic E-state index is 11.4. The number of hydrogen-bond acceptors (Lipinski definition) is 4. The number of tetrazole rings is 1. The molecule has 1 aromatic heterocycles. The summed E-state index contributed by atoms with van der Waals surface area (Å²) in [5.41, 5.74) is 6.70. The number of carboxylic acid groups (broad SMARTS) is 1. The highest BCUT2D eigenvalue weighted by atomic mass is 35.5. The molecule has 5 aromatic rings. The summed E-state index contributed by atoms with van der Waals surface area (Å²) in [6.45, 7) is 6.88. The lowest BCUT2D eigenvalue weighted by atomic mass is 9.87. The van der Waals surface area contributed by atoms with Crippen LogP contribution in [0.4, 0.5) is 0 Å². The Kier molecular flexibility index (Phi) is 10.1. The van der Waals surface area contributed by atoms with Crippen molar-refractivity contribution in [3.05, 3.63) is 135 Å². The maximum absolute atomic E-state index is 11.4. The van der Waals surface area contributed by atoms with Crippen molar-refractivity contribution in [2.24, 2.45) is 5.92 Å². The third kappa shape index (κ3) is 8.67. The van der Waals surface area contributed by atoms with Gasteiger partial charge in [0, 0.05) is 16.1 Å². The van der Waals surface area contributed by atoms with Crippen molar-refractivity contribution in [3.8, 4) is 17.1 Å².